The van der Waals surface area contributed by atoms with Gasteiger partial charge in [-0.15, -0.1) is 0 Å². The summed E-state index contributed by atoms with van der Waals surface area (Å²) in [4.78, 5) is 0. The molecule has 1 aromatic rings. The first kappa shape index (κ1) is 14.2. The van der Waals surface area contributed by atoms with Crippen LogP contribution in [0.5, 0.6) is 11.5 Å². The number of fused-ring (bicyclic) bond motifs is 1. The van der Waals surface area contributed by atoms with Gasteiger partial charge in [0.05, 0.1) is 13.7 Å². The molecule has 0 fully saturated rings. The minimum atomic E-state index is 0.179. The highest BCUT2D eigenvalue weighted by atomic mass is 16.5. The lowest BCUT2D eigenvalue weighted by Gasteiger charge is -2.35. The van der Waals surface area contributed by atoms with E-state index in [0.29, 0.717) is 18.6 Å². The molecule has 1 N–H and O–H groups in total. The van der Waals surface area contributed by atoms with Crippen molar-refractivity contribution in [3.63, 3.8) is 0 Å². The number of methoxy groups -OCH3 is 2. The van der Waals surface area contributed by atoms with Crippen LogP contribution in [0.1, 0.15) is 24.9 Å². The summed E-state index contributed by atoms with van der Waals surface area (Å²) in [6.45, 7) is 2.88. The van der Waals surface area contributed by atoms with Gasteiger partial charge in [-0.3, -0.25) is 0 Å². The van der Waals surface area contributed by atoms with Crippen LogP contribution in [0, 0.1) is 5.92 Å². The molecule has 0 aromatic heterocycles. The predicted molar refractivity (Wildman–Crippen MR) is 74.9 cm³/mol. The van der Waals surface area contributed by atoms with Gasteiger partial charge in [-0.05, 0) is 25.2 Å². The summed E-state index contributed by atoms with van der Waals surface area (Å²) in [5, 5.41) is 3.36. The van der Waals surface area contributed by atoms with Crippen LogP contribution in [-0.4, -0.2) is 34.0 Å². The quantitative estimate of drug-likeness (QED) is 0.887. The lowest BCUT2D eigenvalue weighted by atomic mass is 9.91. The van der Waals surface area contributed by atoms with E-state index < -0.39 is 0 Å². The molecule has 0 saturated carbocycles. The molecule has 1 aromatic carbocycles. The van der Waals surface area contributed by atoms with Gasteiger partial charge in [0.15, 0.2) is 0 Å². The van der Waals surface area contributed by atoms with E-state index >= 15 is 0 Å². The van der Waals surface area contributed by atoms with Crippen LogP contribution in [0.4, 0.5) is 0 Å². The highest BCUT2D eigenvalue weighted by Crippen LogP contribution is 2.38. The van der Waals surface area contributed by atoms with E-state index in [0.717, 1.165) is 17.9 Å². The summed E-state index contributed by atoms with van der Waals surface area (Å²) in [6, 6.07) is 6.27. The molecule has 4 heteroatoms. The van der Waals surface area contributed by atoms with Gasteiger partial charge in [0.25, 0.3) is 0 Å². The fourth-order valence-electron chi connectivity index (χ4n) is 2.60. The lowest BCUT2D eigenvalue weighted by molar-refractivity contribution is 0.0508. The van der Waals surface area contributed by atoms with E-state index in [-0.39, 0.29) is 6.10 Å². The number of rotatable bonds is 5. The molecule has 19 heavy (non-hydrogen) atoms. The fourth-order valence-corrected chi connectivity index (χ4v) is 2.60. The third-order valence-corrected chi connectivity index (χ3v) is 3.75. The first-order chi connectivity index (χ1) is 9.19. The van der Waals surface area contributed by atoms with Gasteiger partial charge in [0.2, 0.25) is 0 Å². The van der Waals surface area contributed by atoms with Crippen LogP contribution < -0.4 is 14.8 Å². The maximum Gasteiger partial charge on any atom is 0.124 e. The standard InChI is InChI=1S/C15H23NO3/c1-10(9-17-3)15-8-13(16-2)12-7-11(18-4)5-6-14(12)19-15/h5-7,10,13,15-16H,8-9H2,1-4H3. The van der Waals surface area contributed by atoms with Crippen LogP contribution in [0.2, 0.25) is 0 Å². The van der Waals surface area contributed by atoms with Crippen molar-refractivity contribution in [3.05, 3.63) is 23.8 Å². The molecule has 1 heterocycles. The van der Waals surface area contributed by atoms with E-state index in [1.54, 1.807) is 14.2 Å². The van der Waals surface area contributed by atoms with Crippen molar-refractivity contribution in [1.82, 2.24) is 5.32 Å². The second-order valence-electron chi connectivity index (χ2n) is 5.07. The normalized spacial score (nSPS) is 23.4. The number of hydrogen-bond acceptors (Lipinski definition) is 4. The largest absolute Gasteiger partial charge is 0.497 e. The molecular weight excluding hydrogens is 242 g/mol. The number of benzene rings is 1. The van der Waals surface area contributed by atoms with Gasteiger partial charge >= 0.3 is 0 Å². The molecule has 0 bridgehead atoms. The van der Waals surface area contributed by atoms with Gasteiger partial charge in [0, 0.05) is 31.1 Å². The van der Waals surface area contributed by atoms with Crippen LogP contribution in [0.25, 0.3) is 0 Å². The Balaban J connectivity index is 2.23. The van der Waals surface area contributed by atoms with E-state index in [4.69, 9.17) is 14.2 Å². The zero-order chi connectivity index (χ0) is 13.8. The van der Waals surface area contributed by atoms with Crippen molar-refractivity contribution in [2.45, 2.75) is 25.5 Å². The highest BCUT2D eigenvalue weighted by Gasteiger charge is 2.31. The monoisotopic (exact) mass is 265 g/mol. The van der Waals surface area contributed by atoms with Crippen molar-refractivity contribution >= 4 is 0 Å². The fraction of sp³-hybridized carbons (Fsp3) is 0.600. The van der Waals surface area contributed by atoms with Crippen LogP contribution in [-0.2, 0) is 4.74 Å². The van der Waals surface area contributed by atoms with Crippen molar-refractivity contribution in [2.75, 3.05) is 27.9 Å². The van der Waals surface area contributed by atoms with Crippen molar-refractivity contribution in [3.8, 4) is 11.5 Å². The van der Waals surface area contributed by atoms with Gasteiger partial charge in [-0.25, -0.2) is 0 Å². The Kier molecular flexibility index (Phi) is 4.66. The van der Waals surface area contributed by atoms with Gasteiger partial charge in [0.1, 0.15) is 17.6 Å². The molecule has 0 radical (unpaired) electrons. The molecule has 3 unspecified atom stereocenters. The zero-order valence-corrected chi connectivity index (χ0v) is 12.1. The van der Waals surface area contributed by atoms with E-state index in [1.165, 1.54) is 5.56 Å². The first-order valence-electron chi connectivity index (χ1n) is 6.70. The van der Waals surface area contributed by atoms with E-state index in [1.807, 2.05) is 25.2 Å². The van der Waals surface area contributed by atoms with E-state index in [2.05, 4.69) is 12.2 Å². The lowest BCUT2D eigenvalue weighted by Crippen LogP contribution is -2.37. The molecular formula is C15H23NO3. The topological polar surface area (TPSA) is 39.7 Å². The molecule has 106 valence electrons. The highest BCUT2D eigenvalue weighted by molar-refractivity contribution is 5.43. The zero-order valence-electron chi connectivity index (χ0n) is 12.1. The summed E-state index contributed by atoms with van der Waals surface area (Å²) in [5.41, 5.74) is 1.17. The molecule has 1 aliphatic rings. The van der Waals surface area contributed by atoms with Crippen LogP contribution >= 0.6 is 0 Å². The Labute approximate surface area is 115 Å². The summed E-state index contributed by atoms with van der Waals surface area (Å²) >= 11 is 0. The Hall–Kier alpha value is -1.26. The van der Waals surface area contributed by atoms with Gasteiger partial charge in [-0.2, -0.15) is 0 Å². The van der Waals surface area contributed by atoms with Crippen LogP contribution in [0.15, 0.2) is 18.2 Å². The number of ether oxygens (including phenoxy) is 3. The molecule has 0 saturated heterocycles. The van der Waals surface area contributed by atoms with E-state index in [9.17, 15) is 0 Å². The molecule has 2 rings (SSSR count). The van der Waals surface area contributed by atoms with Crippen molar-refractivity contribution in [2.24, 2.45) is 5.92 Å². The molecule has 1 aliphatic heterocycles. The third-order valence-electron chi connectivity index (χ3n) is 3.75. The second kappa shape index (κ2) is 6.26. The summed E-state index contributed by atoms with van der Waals surface area (Å²) in [7, 11) is 5.40. The average molecular weight is 265 g/mol. The third kappa shape index (κ3) is 3.01. The molecule has 0 spiro atoms. The van der Waals surface area contributed by atoms with Crippen molar-refractivity contribution in [1.29, 1.82) is 0 Å². The Bertz CT molecular complexity index is 422. The Morgan fingerprint density at radius 1 is 1.42 bits per heavy atom. The predicted octanol–water partition coefficient (Wildman–Crippen LogP) is 2.39. The minimum Gasteiger partial charge on any atom is -0.497 e. The number of nitrogens with one attached hydrogen (secondary N) is 1. The van der Waals surface area contributed by atoms with Gasteiger partial charge < -0.3 is 19.5 Å². The summed E-state index contributed by atoms with van der Waals surface area (Å²) in [5.74, 6) is 2.18. The Morgan fingerprint density at radius 3 is 2.84 bits per heavy atom. The summed E-state index contributed by atoms with van der Waals surface area (Å²) < 4.78 is 16.6. The SMILES string of the molecule is CNC1CC(C(C)COC)Oc2ccc(OC)cc21. The van der Waals surface area contributed by atoms with Gasteiger partial charge in [-0.1, -0.05) is 6.92 Å². The first-order valence-corrected chi connectivity index (χ1v) is 6.70. The molecule has 4 nitrogen and oxygen atoms in total. The molecule has 3 atom stereocenters. The molecule has 0 amide bonds. The maximum absolute atomic E-state index is 6.10. The number of hydrogen-bond donors (Lipinski definition) is 1. The van der Waals surface area contributed by atoms with Crippen molar-refractivity contribution < 1.29 is 14.2 Å². The Morgan fingerprint density at radius 2 is 2.21 bits per heavy atom. The minimum absolute atomic E-state index is 0.179. The second-order valence-corrected chi connectivity index (χ2v) is 5.07. The molecule has 0 aliphatic carbocycles. The average Bonchev–Trinajstić information content (AvgIpc) is 2.45. The summed E-state index contributed by atoms with van der Waals surface area (Å²) in [6.07, 6.45) is 1.12. The maximum atomic E-state index is 6.10. The smallest absolute Gasteiger partial charge is 0.124 e. The van der Waals surface area contributed by atoms with Crippen LogP contribution in [0.3, 0.4) is 0 Å².